The van der Waals surface area contributed by atoms with Gasteiger partial charge >= 0.3 is 12.4 Å². The summed E-state index contributed by atoms with van der Waals surface area (Å²) < 4.78 is 75.2. The van der Waals surface area contributed by atoms with Gasteiger partial charge in [-0.1, -0.05) is 12.1 Å². The molecule has 0 fully saturated rings. The third-order valence-electron chi connectivity index (χ3n) is 2.06. The highest BCUT2D eigenvalue weighted by Crippen LogP contribution is 2.41. The maximum atomic E-state index is 12.6. The zero-order valence-electron chi connectivity index (χ0n) is 8.50. The topological polar surface area (TPSA) is 23.9 Å². The maximum absolute atomic E-state index is 12.6. The molecule has 0 spiro atoms. The van der Waals surface area contributed by atoms with Crippen molar-refractivity contribution in [3.63, 3.8) is 0 Å². The first-order valence-electron chi connectivity index (χ1n) is 4.38. The number of halogens is 6. The van der Waals surface area contributed by atoms with E-state index in [1.807, 2.05) is 0 Å². The Balaban J connectivity index is 3.64. The molecule has 1 rings (SSSR count). The molecule has 94 valence electrons. The van der Waals surface area contributed by atoms with Gasteiger partial charge in [0.1, 0.15) is 0 Å². The summed E-state index contributed by atoms with van der Waals surface area (Å²) in [6, 6.07) is 2.06. The van der Waals surface area contributed by atoms with E-state index in [0.29, 0.717) is 6.07 Å². The Morgan fingerprint density at radius 1 is 1.00 bits per heavy atom. The number of hydrogen-bond acceptors (Lipinski definition) is 1. The van der Waals surface area contributed by atoms with Crippen molar-refractivity contribution in [1.82, 2.24) is 0 Å². The number of alkyl halides is 6. The second kappa shape index (κ2) is 4.05. The van der Waals surface area contributed by atoms with Crippen LogP contribution in [-0.2, 0) is 12.4 Å². The van der Waals surface area contributed by atoms with E-state index in [0.717, 1.165) is 19.1 Å². The van der Waals surface area contributed by atoms with Crippen LogP contribution in [-0.4, -0.2) is 5.71 Å². The van der Waals surface area contributed by atoms with Crippen LogP contribution in [0, 0.1) is 5.41 Å². The molecule has 0 heterocycles. The lowest BCUT2D eigenvalue weighted by atomic mass is 9.97. The fourth-order valence-electron chi connectivity index (χ4n) is 1.41. The second-order valence-corrected chi connectivity index (χ2v) is 3.35. The highest BCUT2D eigenvalue weighted by atomic mass is 19.4. The predicted octanol–water partition coefficient (Wildman–Crippen LogP) is 4.11. The molecule has 0 aromatic heterocycles. The Kier molecular flexibility index (Phi) is 3.22. The van der Waals surface area contributed by atoms with Crippen molar-refractivity contribution in [2.75, 3.05) is 0 Å². The largest absolute Gasteiger partial charge is 0.417 e. The van der Waals surface area contributed by atoms with E-state index in [1.165, 1.54) is 0 Å². The molecular formula is C10H7F6N. The first kappa shape index (κ1) is 13.5. The molecule has 0 atom stereocenters. The van der Waals surface area contributed by atoms with Gasteiger partial charge in [0, 0.05) is 11.3 Å². The van der Waals surface area contributed by atoms with Crippen LogP contribution >= 0.6 is 0 Å². The molecule has 1 aromatic carbocycles. The van der Waals surface area contributed by atoms with Crippen LogP contribution < -0.4 is 0 Å². The van der Waals surface area contributed by atoms with E-state index in [1.54, 1.807) is 0 Å². The van der Waals surface area contributed by atoms with E-state index in [9.17, 15) is 26.3 Å². The summed E-state index contributed by atoms with van der Waals surface area (Å²) in [5.74, 6) is 0. The first-order valence-corrected chi connectivity index (χ1v) is 4.38. The fourth-order valence-corrected chi connectivity index (χ4v) is 1.41. The van der Waals surface area contributed by atoms with Gasteiger partial charge in [-0.3, -0.25) is 0 Å². The van der Waals surface area contributed by atoms with E-state index in [-0.39, 0.29) is 0 Å². The molecule has 17 heavy (non-hydrogen) atoms. The molecular weight excluding hydrogens is 248 g/mol. The quantitative estimate of drug-likeness (QED) is 0.576. The van der Waals surface area contributed by atoms with Crippen molar-refractivity contribution in [3.8, 4) is 0 Å². The second-order valence-electron chi connectivity index (χ2n) is 3.35. The third-order valence-corrected chi connectivity index (χ3v) is 2.06. The minimum Gasteiger partial charge on any atom is -0.305 e. The van der Waals surface area contributed by atoms with Crippen LogP contribution in [0.15, 0.2) is 18.2 Å². The zero-order valence-corrected chi connectivity index (χ0v) is 8.50. The Labute approximate surface area is 92.6 Å². The molecule has 0 saturated heterocycles. The van der Waals surface area contributed by atoms with Gasteiger partial charge < -0.3 is 5.41 Å². The maximum Gasteiger partial charge on any atom is 0.417 e. The smallest absolute Gasteiger partial charge is 0.305 e. The average Bonchev–Trinajstić information content (AvgIpc) is 2.13. The summed E-state index contributed by atoms with van der Waals surface area (Å²) in [6.07, 6.45) is -10.2. The lowest BCUT2D eigenvalue weighted by molar-refractivity contribution is -0.162. The van der Waals surface area contributed by atoms with Crippen LogP contribution in [0.1, 0.15) is 23.6 Å². The van der Waals surface area contributed by atoms with E-state index < -0.39 is 34.8 Å². The monoisotopic (exact) mass is 255 g/mol. The molecule has 0 saturated carbocycles. The summed E-state index contributed by atoms with van der Waals surface area (Å²) in [5.41, 5.74) is -4.90. The number of rotatable bonds is 1. The molecule has 0 amide bonds. The lowest BCUT2D eigenvalue weighted by Crippen LogP contribution is -2.20. The van der Waals surface area contributed by atoms with Crippen LogP contribution in [0.25, 0.3) is 0 Å². The van der Waals surface area contributed by atoms with Gasteiger partial charge in [-0.15, -0.1) is 0 Å². The van der Waals surface area contributed by atoms with Crippen molar-refractivity contribution in [1.29, 1.82) is 5.41 Å². The summed E-state index contributed by atoms with van der Waals surface area (Å²) in [4.78, 5) is 0. The van der Waals surface area contributed by atoms with Crippen LogP contribution in [0.2, 0.25) is 0 Å². The van der Waals surface area contributed by atoms with Crippen molar-refractivity contribution >= 4 is 5.71 Å². The van der Waals surface area contributed by atoms with Gasteiger partial charge in [-0.05, 0) is 13.0 Å². The molecule has 0 aliphatic carbocycles. The standard InChI is InChI=1S/C10H7F6N/c1-5(17)6-3-2-4-7(9(11,12)13)8(6)10(14,15)16/h2-4,17H,1H3. The molecule has 7 heteroatoms. The van der Waals surface area contributed by atoms with Crippen LogP contribution in [0.5, 0.6) is 0 Å². The molecule has 0 unspecified atom stereocenters. The molecule has 0 radical (unpaired) electrons. The molecule has 0 aliphatic heterocycles. The SMILES string of the molecule is CC(=N)c1cccc(C(F)(F)F)c1C(F)(F)F. The summed E-state index contributed by atoms with van der Waals surface area (Å²) in [5, 5.41) is 7.09. The van der Waals surface area contributed by atoms with Gasteiger partial charge in [0.2, 0.25) is 0 Å². The van der Waals surface area contributed by atoms with Crippen molar-refractivity contribution in [2.45, 2.75) is 19.3 Å². The minimum absolute atomic E-state index is 0.356. The molecule has 1 N–H and O–H groups in total. The molecule has 0 bridgehead atoms. The average molecular weight is 255 g/mol. The molecule has 1 aromatic rings. The van der Waals surface area contributed by atoms with Gasteiger partial charge in [-0.25, -0.2) is 0 Å². The minimum atomic E-state index is -5.15. The van der Waals surface area contributed by atoms with Gasteiger partial charge in [-0.2, -0.15) is 26.3 Å². The zero-order chi connectivity index (χ0) is 13.4. The molecule has 0 aliphatic rings. The Morgan fingerprint density at radius 2 is 1.53 bits per heavy atom. The fraction of sp³-hybridized carbons (Fsp3) is 0.300. The van der Waals surface area contributed by atoms with E-state index >= 15 is 0 Å². The highest BCUT2D eigenvalue weighted by Gasteiger charge is 2.44. The Morgan fingerprint density at radius 3 is 1.88 bits per heavy atom. The summed E-state index contributed by atoms with van der Waals surface area (Å²) >= 11 is 0. The number of benzene rings is 1. The van der Waals surface area contributed by atoms with Gasteiger partial charge in [0.15, 0.2) is 0 Å². The van der Waals surface area contributed by atoms with Crippen LogP contribution in [0.4, 0.5) is 26.3 Å². The first-order chi connectivity index (χ1) is 7.55. The third kappa shape index (κ3) is 2.78. The van der Waals surface area contributed by atoms with Gasteiger partial charge in [0.25, 0.3) is 0 Å². The van der Waals surface area contributed by atoms with Crippen molar-refractivity contribution in [3.05, 3.63) is 34.9 Å². The normalized spacial score (nSPS) is 12.6. The predicted molar refractivity (Wildman–Crippen MR) is 48.9 cm³/mol. The van der Waals surface area contributed by atoms with Crippen molar-refractivity contribution < 1.29 is 26.3 Å². The number of nitrogens with one attached hydrogen (secondary N) is 1. The van der Waals surface area contributed by atoms with Crippen LogP contribution in [0.3, 0.4) is 0 Å². The van der Waals surface area contributed by atoms with Crippen molar-refractivity contribution in [2.24, 2.45) is 0 Å². The highest BCUT2D eigenvalue weighted by molar-refractivity contribution is 5.98. The Hall–Kier alpha value is -1.53. The number of hydrogen-bond donors (Lipinski definition) is 1. The van der Waals surface area contributed by atoms with E-state index in [2.05, 4.69) is 0 Å². The molecule has 1 nitrogen and oxygen atoms in total. The summed E-state index contributed by atoms with van der Waals surface area (Å²) in [7, 11) is 0. The van der Waals surface area contributed by atoms with Gasteiger partial charge in [0.05, 0.1) is 11.1 Å². The summed E-state index contributed by atoms with van der Waals surface area (Å²) in [6.45, 7) is 1.00. The van der Waals surface area contributed by atoms with E-state index in [4.69, 9.17) is 5.41 Å². The lowest BCUT2D eigenvalue weighted by Gasteiger charge is -2.18. The Bertz CT molecular complexity index is 443.